The van der Waals surface area contributed by atoms with Crippen LogP contribution in [0.4, 0.5) is 17.1 Å². The number of fused-ring (bicyclic) bond motifs is 1. The summed E-state index contributed by atoms with van der Waals surface area (Å²) in [5, 5.41) is 6.61. The van der Waals surface area contributed by atoms with E-state index in [0.717, 1.165) is 3.97 Å². The summed E-state index contributed by atoms with van der Waals surface area (Å²) in [6, 6.07) is 17.1. The lowest BCUT2D eigenvalue weighted by atomic mass is 10.1. The molecule has 0 radical (unpaired) electrons. The Morgan fingerprint density at radius 1 is 1.06 bits per heavy atom. The van der Waals surface area contributed by atoms with E-state index in [4.69, 9.17) is 10.5 Å². The number of anilines is 2. The number of hydrogen-bond acceptors (Lipinski definition) is 7. The standard InChI is InChI=1S/C22H18N4O5S/c1-31-16-5-7-17(8-6-16)32(29,30)26-12-11-18-19(9-10-20(25-28)21(18)26)24-15-4-2-3-14(13-15)22(23)27/h2-13,24H,1H3,(H2,23,27). The molecule has 162 valence electrons. The first kappa shape index (κ1) is 21.1. The van der Waals surface area contributed by atoms with Crippen molar-refractivity contribution in [2.24, 2.45) is 10.9 Å². The zero-order valence-corrected chi connectivity index (χ0v) is 17.7. The topological polar surface area (TPSA) is 133 Å². The van der Waals surface area contributed by atoms with Gasteiger partial charge in [-0.15, -0.1) is 4.91 Å². The molecule has 4 rings (SSSR count). The zero-order valence-electron chi connectivity index (χ0n) is 16.8. The maximum atomic E-state index is 13.3. The molecule has 4 aromatic rings. The molecule has 0 aliphatic carbocycles. The molecule has 1 heterocycles. The molecule has 3 N–H and O–H groups in total. The Balaban J connectivity index is 1.83. The highest BCUT2D eigenvalue weighted by Gasteiger charge is 2.22. The fourth-order valence-corrected chi connectivity index (χ4v) is 4.72. The van der Waals surface area contributed by atoms with Crippen molar-refractivity contribution in [3.63, 3.8) is 0 Å². The van der Waals surface area contributed by atoms with Crippen LogP contribution in [0.5, 0.6) is 5.75 Å². The lowest BCUT2D eigenvalue weighted by molar-refractivity contribution is 0.100. The van der Waals surface area contributed by atoms with Crippen LogP contribution >= 0.6 is 0 Å². The van der Waals surface area contributed by atoms with Gasteiger partial charge in [0, 0.05) is 28.5 Å². The van der Waals surface area contributed by atoms with Crippen LogP contribution < -0.4 is 15.8 Å². The second-order valence-electron chi connectivity index (χ2n) is 6.85. The number of primary amides is 1. The van der Waals surface area contributed by atoms with E-state index >= 15 is 0 Å². The van der Waals surface area contributed by atoms with Gasteiger partial charge in [0.25, 0.3) is 10.0 Å². The molecule has 10 heteroatoms. The van der Waals surface area contributed by atoms with Crippen LogP contribution in [0.1, 0.15) is 10.4 Å². The molecule has 0 aliphatic heterocycles. The van der Waals surface area contributed by atoms with Crippen molar-refractivity contribution in [3.8, 4) is 5.75 Å². The van der Waals surface area contributed by atoms with E-state index in [0.29, 0.717) is 28.1 Å². The van der Waals surface area contributed by atoms with Crippen molar-refractivity contribution >= 4 is 43.9 Å². The molecule has 0 fully saturated rings. The number of nitroso groups, excluding NO2 is 1. The first-order chi connectivity index (χ1) is 15.3. The van der Waals surface area contributed by atoms with E-state index in [2.05, 4.69) is 10.5 Å². The van der Waals surface area contributed by atoms with E-state index in [9.17, 15) is 18.1 Å². The van der Waals surface area contributed by atoms with Crippen LogP contribution in [0.25, 0.3) is 10.9 Å². The van der Waals surface area contributed by atoms with Crippen molar-refractivity contribution in [1.82, 2.24) is 3.97 Å². The summed E-state index contributed by atoms with van der Waals surface area (Å²) in [4.78, 5) is 22.9. The molecular weight excluding hydrogens is 432 g/mol. The number of aromatic nitrogens is 1. The molecule has 0 bridgehead atoms. The molecule has 0 saturated carbocycles. The second-order valence-corrected chi connectivity index (χ2v) is 8.66. The molecule has 0 saturated heterocycles. The van der Waals surface area contributed by atoms with Gasteiger partial charge in [0.2, 0.25) is 5.91 Å². The summed E-state index contributed by atoms with van der Waals surface area (Å²) in [6.45, 7) is 0. The SMILES string of the molecule is COc1ccc(S(=O)(=O)n2ccc3c(Nc4cccc(C(N)=O)c4)ccc(N=O)c32)cc1. The quantitative estimate of drug-likeness (QED) is 0.407. The molecule has 0 spiro atoms. The minimum absolute atomic E-state index is 0.0279. The normalized spacial score (nSPS) is 11.3. The number of carbonyl (C=O) groups is 1. The van der Waals surface area contributed by atoms with Crippen molar-refractivity contribution in [2.75, 3.05) is 12.4 Å². The number of nitrogens with zero attached hydrogens (tertiary/aromatic N) is 2. The van der Waals surface area contributed by atoms with E-state index in [1.165, 1.54) is 43.6 Å². The Labute approximate surface area is 183 Å². The first-order valence-corrected chi connectivity index (χ1v) is 10.8. The summed E-state index contributed by atoms with van der Waals surface area (Å²) in [7, 11) is -2.53. The third-order valence-corrected chi connectivity index (χ3v) is 6.62. The minimum Gasteiger partial charge on any atom is -0.497 e. The number of benzene rings is 3. The summed E-state index contributed by atoms with van der Waals surface area (Å²) >= 11 is 0. The van der Waals surface area contributed by atoms with Crippen LogP contribution in [-0.2, 0) is 10.0 Å². The molecule has 0 atom stereocenters. The Kier molecular flexibility index (Phi) is 5.37. The lowest BCUT2D eigenvalue weighted by Gasteiger charge is -2.12. The molecule has 32 heavy (non-hydrogen) atoms. The van der Waals surface area contributed by atoms with Crippen molar-refractivity contribution in [3.05, 3.63) is 83.4 Å². The van der Waals surface area contributed by atoms with Crippen molar-refractivity contribution in [1.29, 1.82) is 0 Å². The number of nitrogens with two attached hydrogens (primary N) is 1. The number of carbonyl (C=O) groups excluding carboxylic acids is 1. The van der Waals surface area contributed by atoms with Crippen LogP contribution in [0.2, 0.25) is 0 Å². The van der Waals surface area contributed by atoms with Gasteiger partial charge in [-0.1, -0.05) is 6.07 Å². The van der Waals surface area contributed by atoms with Gasteiger partial charge >= 0.3 is 0 Å². The van der Waals surface area contributed by atoms with Gasteiger partial charge in [-0.25, -0.2) is 12.4 Å². The number of amides is 1. The molecular formula is C22H18N4O5S. The minimum atomic E-state index is -4.01. The largest absolute Gasteiger partial charge is 0.497 e. The van der Waals surface area contributed by atoms with Crippen molar-refractivity contribution < 1.29 is 17.9 Å². The van der Waals surface area contributed by atoms with Gasteiger partial charge in [-0.2, -0.15) is 0 Å². The Morgan fingerprint density at radius 2 is 1.81 bits per heavy atom. The van der Waals surface area contributed by atoms with E-state index in [1.807, 2.05) is 0 Å². The van der Waals surface area contributed by atoms with Gasteiger partial charge < -0.3 is 15.8 Å². The fourth-order valence-electron chi connectivity index (χ4n) is 3.36. The molecule has 1 amide bonds. The number of ether oxygens (including phenoxy) is 1. The Bertz CT molecular complexity index is 1440. The predicted molar refractivity (Wildman–Crippen MR) is 121 cm³/mol. The van der Waals surface area contributed by atoms with Gasteiger partial charge in [0.05, 0.1) is 17.5 Å². The molecule has 0 aliphatic rings. The van der Waals surface area contributed by atoms with E-state index in [-0.39, 0.29) is 16.1 Å². The highest BCUT2D eigenvalue weighted by atomic mass is 32.2. The zero-order chi connectivity index (χ0) is 22.9. The van der Waals surface area contributed by atoms with Gasteiger partial charge in [0.15, 0.2) is 0 Å². The highest BCUT2D eigenvalue weighted by molar-refractivity contribution is 7.90. The average molecular weight is 450 g/mol. The monoisotopic (exact) mass is 450 g/mol. The summed E-state index contributed by atoms with van der Waals surface area (Å²) in [6.07, 6.45) is 1.37. The second kappa shape index (κ2) is 8.16. The lowest BCUT2D eigenvalue weighted by Crippen LogP contribution is -2.12. The molecule has 3 aromatic carbocycles. The summed E-state index contributed by atoms with van der Waals surface area (Å²) in [5.41, 5.74) is 6.85. The third-order valence-electron chi connectivity index (χ3n) is 4.93. The van der Waals surface area contributed by atoms with Gasteiger partial charge in [0.1, 0.15) is 11.4 Å². The van der Waals surface area contributed by atoms with Gasteiger partial charge in [-0.05, 0) is 65.8 Å². The van der Waals surface area contributed by atoms with Crippen molar-refractivity contribution in [2.45, 2.75) is 4.90 Å². The predicted octanol–water partition coefficient (Wildman–Crippen LogP) is 4.13. The van der Waals surface area contributed by atoms with E-state index < -0.39 is 15.9 Å². The maximum absolute atomic E-state index is 13.3. The number of hydrogen-bond donors (Lipinski definition) is 2. The average Bonchev–Trinajstić information content (AvgIpc) is 3.26. The third kappa shape index (κ3) is 3.67. The van der Waals surface area contributed by atoms with Crippen LogP contribution in [-0.4, -0.2) is 25.4 Å². The highest BCUT2D eigenvalue weighted by Crippen LogP contribution is 2.36. The Hall–Kier alpha value is -4.18. The number of rotatable bonds is 7. The summed E-state index contributed by atoms with van der Waals surface area (Å²) < 4.78 is 32.6. The fraction of sp³-hybridized carbons (Fsp3) is 0.0455. The molecule has 9 nitrogen and oxygen atoms in total. The first-order valence-electron chi connectivity index (χ1n) is 9.39. The molecule has 1 aromatic heterocycles. The molecule has 0 unspecified atom stereocenters. The van der Waals surface area contributed by atoms with Crippen LogP contribution in [0.3, 0.4) is 0 Å². The van der Waals surface area contributed by atoms with Crippen LogP contribution in [0.15, 0.2) is 83.0 Å². The Morgan fingerprint density at radius 3 is 2.47 bits per heavy atom. The van der Waals surface area contributed by atoms with Crippen LogP contribution in [0, 0.1) is 4.91 Å². The summed E-state index contributed by atoms with van der Waals surface area (Å²) in [5.74, 6) is -0.0581. The van der Waals surface area contributed by atoms with Gasteiger partial charge in [-0.3, -0.25) is 4.79 Å². The maximum Gasteiger partial charge on any atom is 0.268 e. The number of methoxy groups -OCH3 is 1. The smallest absolute Gasteiger partial charge is 0.268 e. The van der Waals surface area contributed by atoms with E-state index in [1.54, 1.807) is 36.4 Å². The number of nitrogens with one attached hydrogen (secondary N) is 1.